The molecule has 4 heterocycles. The second kappa shape index (κ2) is 5.17. The van der Waals surface area contributed by atoms with Crippen LogP contribution in [0.4, 0.5) is 0 Å². The molecule has 0 N–H and O–H groups in total. The van der Waals surface area contributed by atoms with Crippen LogP contribution < -0.4 is 5.56 Å². The number of pyridine rings is 2. The van der Waals surface area contributed by atoms with Gasteiger partial charge < -0.3 is 0 Å². The second-order valence-corrected chi connectivity index (χ2v) is 5.72. The van der Waals surface area contributed by atoms with Crippen LogP contribution in [0.2, 0.25) is 0 Å². The predicted molar refractivity (Wildman–Crippen MR) is 88.2 cm³/mol. The zero-order chi connectivity index (χ0) is 16.0. The van der Waals surface area contributed by atoms with E-state index in [1.54, 1.807) is 29.9 Å². The third-order valence-electron chi connectivity index (χ3n) is 3.58. The van der Waals surface area contributed by atoms with E-state index in [0.717, 1.165) is 0 Å². The highest BCUT2D eigenvalue weighted by Crippen LogP contribution is 2.17. The molecule has 0 aliphatic heterocycles. The highest BCUT2D eigenvalue weighted by atomic mass is 32.2. The smallest absolute Gasteiger partial charge is 0.267 e. The minimum absolute atomic E-state index is 0.172. The van der Waals surface area contributed by atoms with Gasteiger partial charge in [-0.25, -0.2) is 9.97 Å². The Balaban J connectivity index is 2.10. The molecular formula is C15H12N6OS. The standard InChI is InChI=1S/C15H12N6OS/c1-9-12-10(21-14(17-9)18-15(19-21)23-2)6-8-20(13(12)22)11-5-3-4-7-16-11/h3-8H,1-2H3. The van der Waals surface area contributed by atoms with Crippen molar-refractivity contribution in [2.75, 3.05) is 6.26 Å². The maximum Gasteiger partial charge on any atom is 0.267 e. The van der Waals surface area contributed by atoms with E-state index in [2.05, 4.69) is 20.1 Å². The maximum absolute atomic E-state index is 12.9. The fourth-order valence-corrected chi connectivity index (χ4v) is 2.87. The Morgan fingerprint density at radius 1 is 1.17 bits per heavy atom. The molecule has 0 bridgehead atoms. The predicted octanol–water partition coefficient (Wildman–Crippen LogP) is 1.85. The van der Waals surface area contributed by atoms with E-state index in [9.17, 15) is 4.79 Å². The van der Waals surface area contributed by atoms with Gasteiger partial charge >= 0.3 is 0 Å². The summed E-state index contributed by atoms with van der Waals surface area (Å²) in [6.45, 7) is 1.81. The number of rotatable bonds is 2. The molecule has 0 fully saturated rings. The molecule has 0 aliphatic rings. The van der Waals surface area contributed by atoms with Crippen molar-refractivity contribution in [1.82, 2.24) is 29.1 Å². The molecule has 0 saturated heterocycles. The summed E-state index contributed by atoms with van der Waals surface area (Å²) in [6.07, 6.45) is 5.26. The summed E-state index contributed by atoms with van der Waals surface area (Å²) < 4.78 is 3.12. The molecule has 0 saturated carbocycles. The van der Waals surface area contributed by atoms with Gasteiger partial charge in [0.1, 0.15) is 5.82 Å². The molecule has 23 heavy (non-hydrogen) atoms. The second-order valence-electron chi connectivity index (χ2n) is 4.95. The topological polar surface area (TPSA) is 78.0 Å². The number of hydrogen-bond acceptors (Lipinski definition) is 6. The number of hydrogen-bond donors (Lipinski definition) is 0. The average molecular weight is 324 g/mol. The third-order valence-corrected chi connectivity index (χ3v) is 4.12. The Kier molecular flexibility index (Phi) is 3.12. The lowest BCUT2D eigenvalue weighted by molar-refractivity contribution is 0.896. The number of aromatic nitrogens is 6. The van der Waals surface area contributed by atoms with Crippen LogP contribution in [0.25, 0.3) is 22.5 Å². The molecule has 0 radical (unpaired) electrons. The number of fused-ring (bicyclic) bond motifs is 3. The Morgan fingerprint density at radius 3 is 2.78 bits per heavy atom. The molecule has 4 aromatic heterocycles. The van der Waals surface area contributed by atoms with Gasteiger partial charge in [0.05, 0.1) is 16.6 Å². The summed E-state index contributed by atoms with van der Waals surface area (Å²) in [5, 5.41) is 5.53. The summed E-state index contributed by atoms with van der Waals surface area (Å²) in [5.74, 6) is 1.07. The monoisotopic (exact) mass is 324 g/mol. The van der Waals surface area contributed by atoms with Crippen molar-refractivity contribution in [3.63, 3.8) is 0 Å². The average Bonchev–Trinajstić information content (AvgIpc) is 2.99. The van der Waals surface area contributed by atoms with Crippen LogP contribution in [0, 0.1) is 6.92 Å². The Labute approximate surface area is 135 Å². The summed E-state index contributed by atoms with van der Waals surface area (Å²) in [4.78, 5) is 25.9. The van der Waals surface area contributed by atoms with Gasteiger partial charge in [-0.2, -0.15) is 9.50 Å². The maximum atomic E-state index is 12.9. The van der Waals surface area contributed by atoms with Gasteiger partial charge in [-0.15, -0.1) is 5.10 Å². The molecule has 114 valence electrons. The number of nitrogens with zero attached hydrogens (tertiary/aromatic N) is 6. The van der Waals surface area contributed by atoms with Crippen molar-refractivity contribution in [2.45, 2.75) is 12.1 Å². The van der Waals surface area contributed by atoms with E-state index in [0.29, 0.717) is 33.3 Å². The molecule has 7 nitrogen and oxygen atoms in total. The minimum Gasteiger partial charge on any atom is -0.268 e. The quantitative estimate of drug-likeness (QED) is 0.524. The van der Waals surface area contributed by atoms with E-state index in [-0.39, 0.29) is 5.56 Å². The highest BCUT2D eigenvalue weighted by molar-refractivity contribution is 7.98. The van der Waals surface area contributed by atoms with Gasteiger partial charge in [0.15, 0.2) is 0 Å². The van der Waals surface area contributed by atoms with Gasteiger partial charge in [0.2, 0.25) is 5.16 Å². The first kappa shape index (κ1) is 13.9. The summed E-state index contributed by atoms with van der Waals surface area (Å²) in [5.41, 5.74) is 1.15. The molecule has 0 spiro atoms. The number of aryl methyl sites for hydroxylation is 1. The SMILES string of the molecule is CSc1nc2nc(C)c3c(=O)n(-c4ccccn4)ccc3n2n1. The first-order valence-electron chi connectivity index (χ1n) is 6.93. The van der Waals surface area contributed by atoms with Crippen LogP contribution in [0.1, 0.15) is 5.69 Å². The molecule has 0 amide bonds. The largest absolute Gasteiger partial charge is 0.268 e. The zero-order valence-corrected chi connectivity index (χ0v) is 13.3. The van der Waals surface area contributed by atoms with E-state index in [1.807, 2.05) is 24.5 Å². The van der Waals surface area contributed by atoms with Gasteiger partial charge in [0, 0.05) is 12.4 Å². The summed E-state index contributed by atoms with van der Waals surface area (Å²) >= 11 is 1.44. The lowest BCUT2D eigenvalue weighted by atomic mass is 10.2. The van der Waals surface area contributed by atoms with E-state index in [1.165, 1.54) is 16.3 Å². The van der Waals surface area contributed by atoms with Crippen LogP contribution in [0.15, 0.2) is 46.6 Å². The lowest BCUT2D eigenvalue weighted by Gasteiger charge is -2.08. The molecule has 4 aromatic rings. The first-order valence-corrected chi connectivity index (χ1v) is 8.15. The highest BCUT2D eigenvalue weighted by Gasteiger charge is 2.14. The molecular weight excluding hydrogens is 312 g/mol. The normalized spacial score (nSPS) is 11.4. The van der Waals surface area contributed by atoms with Crippen molar-refractivity contribution >= 4 is 28.4 Å². The van der Waals surface area contributed by atoms with E-state index < -0.39 is 0 Å². The van der Waals surface area contributed by atoms with Crippen molar-refractivity contribution < 1.29 is 0 Å². The Hall–Kier alpha value is -2.74. The first-order chi connectivity index (χ1) is 11.2. The lowest BCUT2D eigenvalue weighted by Crippen LogP contribution is -2.20. The van der Waals surface area contributed by atoms with Crippen LogP contribution in [-0.4, -0.2) is 35.4 Å². The van der Waals surface area contributed by atoms with E-state index >= 15 is 0 Å². The van der Waals surface area contributed by atoms with Gasteiger partial charge in [-0.1, -0.05) is 17.8 Å². The fraction of sp³-hybridized carbons (Fsp3) is 0.133. The van der Waals surface area contributed by atoms with Crippen LogP contribution in [0.3, 0.4) is 0 Å². The molecule has 0 unspecified atom stereocenters. The van der Waals surface area contributed by atoms with E-state index in [4.69, 9.17) is 0 Å². The van der Waals surface area contributed by atoms with Gasteiger partial charge in [-0.05, 0) is 31.4 Å². The number of thioether (sulfide) groups is 1. The molecule has 0 aliphatic carbocycles. The fourth-order valence-electron chi connectivity index (χ4n) is 2.53. The third kappa shape index (κ3) is 2.10. The van der Waals surface area contributed by atoms with Crippen LogP contribution in [-0.2, 0) is 0 Å². The van der Waals surface area contributed by atoms with Crippen LogP contribution >= 0.6 is 11.8 Å². The van der Waals surface area contributed by atoms with Crippen molar-refractivity contribution in [3.8, 4) is 5.82 Å². The van der Waals surface area contributed by atoms with Gasteiger partial charge in [0.25, 0.3) is 11.3 Å². The molecule has 0 atom stereocenters. The Morgan fingerprint density at radius 2 is 2.04 bits per heavy atom. The van der Waals surface area contributed by atoms with Crippen molar-refractivity contribution in [1.29, 1.82) is 0 Å². The van der Waals surface area contributed by atoms with Crippen molar-refractivity contribution in [3.05, 3.63) is 52.7 Å². The minimum atomic E-state index is -0.172. The summed E-state index contributed by atoms with van der Waals surface area (Å²) in [6, 6.07) is 7.28. The zero-order valence-electron chi connectivity index (χ0n) is 12.5. The molecule has 4 rings (SSSR count). The molecule has 8 heteroatoms. The Bertz CT molecular complexity index is 1090. The molecule has 0 aromatic carbocycles. The summed E-state index contributed by atoms with van der Waals surface area (Å²) in [7, 11) is 0. The van der Waals surface area contributed by atoms with Crippen LogP contribution in [0.5, 0.6) is 0 Å². The van der Waals surface area contributed by atoms with Crippen molar-refractivity contribution in [2.24, 2.45) is 0 Å². The van der Waals surface area contributed by atoms with Gasteiger partial charge in [-0.3, -0.25) is 9.36 Å².